The summed E-state index contributed by atoms with van der Waals surface area (Å²) in [6.07, 6.45) is -3.83. The van der Waals surface area contributed by atoms with E-state index >= 15 is 0 Å². The monoisotopic (exact) mass is 345 g/mol. The van der Waals surface area contributed by atoms with Crippen LogP contribution in [0.25, 0.3) is 0 Å². The van der Waals surface area contributed by atoms with E-state index in [1.165, 1.54) is 22.6 Å². The molecule has 0 saturated carbocycles. The Balaban J connectivity index is 3.05. The van der Waals surface area contributed by atoms with Gasteiger partial charge in [-0.15, -0.1) is 0 Å². The van der Waals surface area contributed by atoms with Crippen LogP contribution in [0.15, 0.2) is 12.3 Å². The summed E-state index contributed by atoms with van der Waals surface area (Å²) in [5, 5.41) is 0. The van der Waals surface area contributed by atoms with Gasteiger partial charge in [-0.25, -0.2) is 9.78 Å². The van der Waals surface area contributed by atoms with E-state index in [1.807, 2.05) is 0 Å². The van der Waals surface area contributed by atoms with Crippen molar-refractivity contribution < 1.29 is 22.7 Å². The molecule has 1 rings (SSSR count). The van der Waals surface area contributed by atoms with Gasteiger partial charge in [-0.1, -0.05) is 0 Å². The molecule has 0 spiro atoms. The maximum Gasteiger partial charge on any atom is 0.418 e. The Morgan fingerprint density at radius 2 is 2.19 bits per heavy atom. The van der Waals surface area contributed by atoms with Crippen LogP contribution in [-0.4, -0.2) is 17.6 Å². The van der Waals surface area contributed by atoms with Crippen molar-refractivity contribution in [3.63, 3.8) is 0 Å². The zero-order valence-electron chi connectivity index (χ0n) is 8.14. The lowest BCUT2D eigenvalue weighted by Crippen LogP contribution is -2.12. The summed E-state index contributed by atoms with van der Waals surface area (Å²) < 4.78 is 41.6. The second kappa shape index (κ2) is 4.98. The van der Waals surface area contributed by atoms with Gasteiger partial charge in [-0.2, -0.15) is 13.2 Å². The van der Waals surface area contributed by atoms with Crippen LogP contribution < -0.4 is 0 Å². The number of rotatable bonds is 2. The van der Waals surface area contributed by atoms with Gasteiger partial charge in [0.25, 0.3) is 0 Å². The molecule has 0 atom stereocenters. The van der Waals surface area contributed by atoms with Crippen LogP contribution in [0.1, 0.15) is 23.0 Å². The maximum atomic E-state index is 12.4. The third kappa shape index (κ3) is 3.06. The van der Waals surface area contributed by atoms with Crippen LogP contribution in [0.5, 0.6) is 0 Å². The second-order valence-corrected chi connectivity index (χ2v) is 3.93. The van der Waals surface area contributed by atoms with Gasteiger partial charge < -0.3 is 4.74 Å². The number of carbonyl (C=O) groups excluding carboxylic acids is 1. The van der Waals surface area contributed by atoms with Gasteiger partial charge in [0.1, 0.15) is 5.69 Å². The molecule has 0 aromatic carbocycles. The van der Waals surface area contributed by atoms with Crippen molar-refractivity contribution in [2.75, 3.05) is 6.61 Å². The first kappa shape index (κ1) is 13.2. The molecule has 0 bridgehead atoms. The topological polar surface area (TPSA) is 39.2 Å². The molecule has 0 N–H and O–H groups in total. The fourth-order valence-corrected chi connectivity index (χ4v) is 1.70. The zero-order valence-corrected chi connectivity index (χ0v) is 10.3. The first-order valence-corrected chi connectivity index (χ1v) is 5.34. The van der Waals surface area contributed by atoms with Gasteiger partial charge in [-0.05, 0) is 35.6 Å². The molecule has 3 nitrogen and oxygen atoms in total. The molecule has 1 aromatic heterocycles. The molecule has 0 saturated heterocycles. The molecule has 0 radical (unpaired) electrons. The van der Waals surface area contributed by atoms with Crippen molar-refractivity contribution in [2.24, 2.45) is 0 Å². The average Bonchev–Trinajstić information content (AvgIpc) is 2.16. The van der Waals surface area contributed by atoms with Crippen LogP contribution in [0.2, 0.25) is 0 Å². The minimum Gasteiger partial charge on any atom is -0.461 e. The number of esters is 1. The molecule has 1 heterocycles. The van der Waals surface area contributed by atoms with E-state index < -0.39 is 17.7 Å². The third-order valence-corrected chi connectivity index (χ3v) is 2.54. The van der Waals surface area contributed by atoms with Crippen LogP contribution in [0.3, 0.4) is 0 Å². The van der Waals surface area contributed by atoms with E-state index in [9.17, 15) is 18.0 Å². The fraction of sp³-hybridized carbons (Fsp3) is 0.333. The first-order valence-electron chi connectivity index (χ1n) is 4.26. The van der Waals surface area contributed by atoms with Gasteiger partial charge in [-0.3, -0.25) is 0 Å². The highest BCUT2D eigenvalue weighted by Gasteiger charge is 2.33. The number of alkyl halides is 3. The first-order chi connectivity index (χ1) is 7.36. The number of hydrogen-bond acceptors (Lipinski definition) is 3. The van der Waals surface area contributed by atoms with Crippen molar-refractivity contribution in [2.45, 2.75) is 13.1 Å². The molecule has 0 aliphatic carbocycles. The Kier molecular flexibility index (Phi) is 4.11. The fourth-order valence-electron chi connectivity index (χ4n) is 0.956. The molecule has 1 aromatic rings. The van der Waals surface area contributed by atoms with Crippen LogP contribution in [0, 0.1) is 3.57 Å². The van der Waals surface area contributed by atoms with Crippen LogP contribution >= 0.6 is 22.6 Å². The number of ether oxygens (including phenoxy) is 1. The number of hydrogen-bond donors (Lipinski definition) is 0. The Hall–Kier alpha value is -0.860. The molecule has 7 heteroatoms. The Labute approximate surface area is 103 Å². The standard InChI is InChI=1S/C9H7F3INO2/c1-2-16-8(15)7-3-6(13)5(4-14-7)9(10,11)12/h3-4H,2H2,1H3. The third-order valence-electron chi connectivity index (χ3n) is 1.64. The van der Waals surface area contributed by atoms with Crippen molar-refractivity contribution >= 4 is 28.6 Å². The molecule has 0 unspecified atom stereocenters. The van der Waals surface area contributed by atoms with Crippen molar-refractivity contribution in [3.05, 3.63) is 27.1 Å². The SMILES string of the molecule is CCOC(=O)c1cc(I)c(C(F)(F)F)cn1. The van der Waals surface area contributed by atoms with E-state index in [0.29, 0.717) is 6.20 Å². The molecular formula is C9H7F3INO2. The van der Waals surface area contributed by atoms with Gasteiger partial charge in [0, 0.05) is 9.77 Å². The largest absolute Gasteiger partial charge is 0.461 e. The lowest BCUT2D eigenvalue weighted by atomic mass is 10.2. The summed E-state index contributed by atoms with van der Waals surface area (Å²) in [6, 6.07) is 1.06. The number of nitrogens with zero attached hydrogens (tertiary/aromatic N) is 1. The summed E-state index contributed by atoms with van der Waals surface area (Å²) in [4.78, 5) is 14.6. The molecular weight excluding hydrogens is 338 g/mol. The highest BCUT2D eigenvalue weighted by Crippen LogP contribution is 2.32. The van der Waals surface area contributed by atoms with Crippen LogP contribution in [-0.2, 0) is 10.9 Å². The predicted molar refractivity (Wildman–Crippen MR) is 57.9 cm³/mol. The highest BCUT2D eigenvalue weighted by atomic mass is 127. The minimum absolute atomic E-state index is 0.0804. The molecule has 0 amide bonds. The van der Waals surface area contributed by atoms with Crippen molar-refractivity contribution in [3.8, 4) is 0 Å². The second-order valence-electron chi connectivity index (χ2n) is 2.77. The maximum absolute atomic E-state index is 12.4. The average molecular weight is 345 g/mol. The lowest BCUT2D eigenvalue weighted by Gasteiger charge is -2.09. The molecule has 0 aliphatic heterocycles. The lowest BCUT2D eigenvalue weighted by molar-refractivity contribution is -0.138. The van der Waals surface area contributed by atoms with E-state index in [2.05, 4.69) is 9.72 Å². The van der Waals surface area contributed by atoms with Gasteiger partial charge in [0.05, 0.1) is 12.2 Å². The number of carbonyl (C=O) groups is 1. The number of halogens is 4. The minimum atomic E-state index is -4.46. The molecule has 88 valence electrons. The molecule has 0 aliphatic rings. The zero-order chi connectivity index (χ0) is 12.3. The summed E-state index contributed by atoms with van der Waals surface area (Å²) in [6.45, 7) is 1.76. The van der Waals surface area contributed by atoms with Crippen molar-refractivity contribution in [1.82, 2.24) is 4.98 Å². The van der Waals surface area contributed by atoms with Gasteiger partial charge >= 0.3 is 12.1 Å². The Morgan fingerprint density at radius 3 is 2.62 bits per heavy atom. The van der Waals surface area contributed by atoms with Crippen molar-refractivity contribution in [1.29, 1.82) is 0 Å². The number of pyridine rings is 1. The van der Waals surface area contributed by atoms with E-state index in [0.717, 1.165) is 6.07 Å². The van der Waals surface area contributed by atoms with E-state index in [-0.39, 0.29) is 15.9 Å². The normalized spacial score (nSPS) is 11.3. The van der Waals surface area contributed by atoms with Crippen LogP contribution in [0.4, 0.5) is 13.2 Å². The Bertz CT molecular complexity index is 406. The summed E-state index contributed by atoms with van der Waals surface area (Å²) >= 11 is 1.51. The molecule has 16 heavy (non-hydrogen) atoms. The number of aromatic nitrogens is 1. The van der Waals surface area contributed by atoms with Gasteiger partial charge in [0.15, 0.2) is 0 Å². The van der Waals surface area contributed by atoms with E-state index in [1.54, 1.807) is 6.92 Å². The predicted octanol–water partition coefficient (Wildman–Crippen LogP) is 2.88. The van der Waals surface area contributed by atoms with E-state index in [4.69, 9.17) is 0 Å². The summed E-state index contributed by atoms with van der Waals surface area (Å²) in [5.74, 6) is -0.728. The molecule has 0 fully saturated rings. The van der Waals surface area contributed by atoms with Gasteiger partial charge in [0.2, 0.25) is 0 Å². The smallest absolute Gasteiger partial charge is 0.418 e. The summed E-state index contributed by atoms with van der Waals surface area (Å²) in [7, 11) is 0. The highest BCUT2D eigenvalue weighted by molar-refractivity contribution is 14.1. The summed E-state index contributed by atoms with van der Waals surface area (Å²) in [5.41, 5.74) is -0.986. The quantitative estimate of drug-likeness (QED) is 0.611. The Morgan fingerprint density at radius 1 is 1.56 bits per heavy atom.